The fraction of sp³-hybridized carbons (Fsp3) is 1.00. The SMILES string of the molecule is CCCC(N)NCN. The van der Waals surface area contributed by atoms with Crippen molar-refractivity contribution < 1.29 is 0 Å². The van der Waals surface area contributed by atoms with Crippen molar-refractivity contribution in [1.82, 2.24) is 5.32 Å². The molecule has 0 fully saturated rings. The number of nitrogens with two attached hydrogens (primary N) is 2. The van der Waals surface area contributed by atoms with Crippen molar-refractivity contribution in [3.8, 4) is 0 Å². The minimum atomic E-state index is 0.0880. The highest BCUT2D eigenvalue weighted by Crippen LogP contribution is 1.86. The number of rotatable bonds is 4. The van der Waals surface area contributed by atoms with Crippen LogP contribution in [0.2, 0.25) is 0 Å². The van der Waals surface area contributed by atoms with Gasteiger partial charge in [-0.15, -0.1) is 0 Å². The third-order valence-corrected chi connectivity index (χ3v) is 0.980. The number of hydrogen-bond donors (Lipinski definition) is 3. The van der Waals surface area contributed by atoms with Crippen molar-refractivity contribution in [2.24, 2.45) is 11.5 Å². The van der Waals surface area contributed by atoms with E-state index < -0.39 is 0 Å². The Balaban J connectivity index is 2.92. The first kappa shape index (κ1) is 7.88. The first-order valence-corrected chi connectivity index (χ1v) is 3.00. The van der Waals surface area contributed by atoms with Crippen LogP contribution in [0.4, 0.5) is 0 Å². The van der Waals surface area contributed by atoms with Crippen LogP contribution in [-0.4, -0.2) is 12.8 Å². The standard InChI is InChI=1S/C5H15N3/c1-2-3-5(7)8-4-6/h5,8H,2-4,6-7H2,1H3. The molecule has 0 saturated heterocycles. The minimum Gasteiger partial charge on any atom is -0.318 e. The molecule has 0 aliphatic heterocycles. The summed E-state index contributed by atoms with van der Waals surface area (Å²) in [6, 6.07) is 0. The summed E-state index contributed by atoms with van der Waals surface area (Å²) in [5, 5.41) is 2.90. The summed E-state index contributed by atoms with van der Waals surface area (Å²) < 4.78 is 0. The molecular formula is C5H15N3. The molecule has 1 unspecified atom stereocenters. The zero-order chi connectivity index (χ0) is 6.41. The van der Waals surface area contributed by atoms with E-state index in [0.29, 0.717) is 6.67 Å². The van der Waals surface area contributed by atoms with Gasteiger partial charge in [-0.3, -0.25) is 5.32 Å². The van der Waals surface area contributed by atoms with E-state index in [9.17, 15) is 0 Å². The molecule has 0 aliphatic carbocycles. The van der Waals surface area contributed by atoms with Gasteiger partial charge in [0.1, 0.15) is 0 Å². The molecule has 0 heterocycles. The molecule has 0 saturated carbocycles. The lowest BCUT2D eigenvalue weighted by molar-refractivity contribution is 0.498. The van der Waals surface area contributed by atoms with E-state index in [1.54, 1.807) is 0 Å². The lowest BCUT2D eigenvalue weighted by Crippen LogP contribution is -2.40. The smallest absolute Gasteiger partial charge is 0.0555 e. The molecule has 0 rings (SSSR count). The van der Waals surface area contributed by atoms with Crippen molar-refractivity contribution in [2.45, 2.75) is 25.9 Å². The summed E-state index contributed by atoms with van der Waals surface area (Å²) >= 11 is 0. The normalized spacial score (nSPS) is 13.9. The third-order valence-electron chi connectivity index (χ3n) is 0.980. The Bertz CT molecular complexity index is 40.9. The largest absolute Gasteiger partial charge is 0.318 e. The average Bonchev–Trinajstić information content (AvgIpc) is 1.68. The second-order valence-electron chi connectivity index (χ2n) is 1.80. The highest BCUT2D eigenvalue weighted by atomic mass is 15.1. The Hall–Kier alpha value is -0.120. The number of hydrogen-bond acceptors (Lipinski definition) is 3. The monoisotopic (exact) mass is 117 g/mol. The molecule has 0 amide bonds. The van der Waals surface area contributed by atoms with Crippen molar-refractivity contribution >= 4 is 0 Å². The quantitative estimate of drug-likeness (QED) is 0.438. The Morgan fingerprint density at radius 2 is 2.25 bits per heavy atom. The summed E-state index contributed by atoms with van der Waals surface area (Å²) in [5.74, 6) is 0. The molecular weight excluding hydrogens is 102 g/mol. The lowest BCUT2D eigenvalue weighted by atomic mass is 10.3. The minimum absolute atomic E-state index is 0.0880. The molecule has 1 atom stereocenters. The first-order chi connectivity index (χ1) is 3.81. The number of nitrogens with one attached hydrogen (secondary N) is 1. The molecule has 0 radical (unpaired) electrons. The van der Waals surface area contributed by atoms with Gasteiger partial charge in [0.05, 0.1) is 6.17 Å². The second-order valence-corrected chi connectivity index (χ2v) is 1.80. The highest BCUT2D eigenvalue weighted by Gasteiger charge is 1.94. The highest BCUT2D eigenvalue weighted by molar-refractivity contribution is 4.53. The molecule has 3 heteroatoms. The van der Waals surface area contributed by atoms with Gasteiger partial charge < -0.3 is 11.5 Å². The zero-order valence-electron chi connectivity index (χ0n) is 5.35. The van der Waals surface area contributed by atoms with Gasteiger partial charge in [0.15, 0.2) is 0 Å². The van der Waals surface area contributed by atoms with Gasteiger partial charge in [0.25, 0.3) is 0 Å². The van der Waals surface area contributed by atoms with Crippen molar-refractivity contribution in [3.05, 3.63) is 0 Å². The van der Waals surface area contributed by atoms with E-state index in [0.717, 1.165) is 12.8 Å². The molecule has 8 heavy (non-hydrogen) atoms. The van der Waals surface area contributed by atoms with Crippen molar-refractivity contribution in [1.29, 1.82) is 0 Å². The van der Waals surface area contributed by atoms with Crippen LogP contribution < -0.4 is 16.8 Å². The van der Waals surface area contributed by atoms with E-state index in [1.165, 1.54) is 0 Å². The van der Waals surface area contributed by atoms with E-state index in [1.807, 2.05) is 0 Å². The van der Waals surface area contributed by atoms with Gasteiger partial charge in [0.2, 0.25) is 0 Å². The molecule has 50 valence electrons. The van der Waals surface area contributed by atoms with Crippen LogP contribution in [0, 0.1) is 0 Å². The van der Waals surface area contributed by atoms with Crippen LogP contribution in [0.25, 0.3) is 0 Å². The summed E-state index contributed by atoms with van der Waals surface area (Å²) in [6.07, 6.45) is 2.19. The fourth-order valence-corrected chi connectivity index (χ4v) is 0.564. The van der Waals surface area contributed by atoms with Crippen LogP contribution in [0.1, 0.15) is 19.8 Å². The predicted octanol–water partition coefficient (Wildman–Crippen LogP) is -0.423. The molecule has 3 nitrogen and oxygen atoms in total. The first-order valence-electron chi connectivity index (χ1n) is 3.00. The second kappa shape index (κ2) is 5.03. The molecule has 0 aliphatic rings. The third kappa shape index (κ3) is 4.05. The summed E-state index contributed by atoms with van der Waals surface area (Å²) in [4.78, 5) is 0. The van der Waals surface area contributed by atoms with Gasteiger partial charge in [0, 0.05) is 6.67 Å². The van der Waals surface area contributed by atoms with Crippen LogP contribution >= 0.6 is 0 Å². The molecule has 5 N–H and O–H groups in total. The summed E-state index contributed by atoms with van der Waals surface area (Å²) in [7, 11) is 0. The topological polar surface area (TPSA) is 64.1 Å². The predicted molar refractivity (Wildman–Crippen MR) is 35.1 cm³/mol. The summed E-state index contributed by atoms with van der Waals surface area (Å²) in [5.41, 5.74) is 10.7. The maximum atomic E-state index is 5.50. The Morgan fingerprint density at radius 1 is 1.62 bits per heavy atom. The van der Waals surface area contributed by atoms with Gasteiger partial charge in [-0.05, 0) is 6.42 Å². The van der Waals surface area contributed by atoms with Gasteiger partial charge >= 0.3 is 0 Å². The molecule has 0 bridgehead atoms. The van der Waals surface area contributed by atoms with E-state index in [4.69, 9.17) is 11.5 Å². The van der Waals surface area contributed by atoms with Crippen molar-refractivity contribution in [2.75, 3.05) is 6.67 Å². The summed E-state index contributed by atoms with van der Waals surface area (Å²) in [6.45, 7) is 2.57. The van der Waals surface area contributed by atoms with Crippen LogP contribution in [0.3, 0.4) is 0 Å². The zero-order valence-corrected chi connectivity index (χ0v) is 5.35. The Labute approximate surface area is 50.4 Å². The van der Waals surface area contributed by atoms with E-state index in [-0.39, 0.29) is 6.17 Å². The van der Waals surface area contributed by atoms with Gasteiger partial charge in [-0.25, -0.2) is 0 Å². The molecule has 0 aromatic carbocycles. The van der Waals surface area contributed by atoms with Crippen LogP contribution in [-0.2, 0) is 0 Å². The lowest BCUT2D eigenvalue weighted by Gasteiger charge is -2.08. The average molecular weight is 117 g/mol. The Morgan fingerprint density at radius 3 is 2.62 bits per heavy atom. The maximum Gasteiger partial charge on any atom is 0.0555 e. The van der Waals surface area contributed by atoms with E-state index >= 15 is 0 Å². The van der Waals surface area contributed by atoms with Crippen LogP contribution in [0.15, 0.2) is 0 Å². The molecule has 0 aromatic rings. The van der Waals surface area contributed by atoms with E-state index in [2.05, 4.69) is 12.2 Å². The Kier molecular flexibility index (Phi) is 4.95. The molecule has 0 aromatic heterocycles. The van der Waals surface area contributed by atoms with Crippen molar-refractivity contribution in [3.63, 3.8) is 0 Å². The van der Waals surface area contributed by atoms with Crippen LogP contribution in [0.5, 0.6) is 0 Å². The van der Waals surface area contributed by atoms with Gasteiger partial charge in [-0.2, -0.15) is 0 Å². The maximum absolute atomic E-state index is 5.50. The molecule has 0 spiro atoms. The van der Waals surface area contributed by atoms with Gasteiger partial charge in [-0.1, -0.05) is 13.3 Å². The fourth-order valence-electron chi connectivity index (χ4n) is 0.564.